The zero-order chi connectivity index (χ0) is 19.6. The number of carboxylic acids is 1. The topological polar surface area (TPSA) is 115 Å². The number of likely N-dealkylation sites (tertiary alicyclic amines) is 1. The maximum atomic E-state index is 12.3. The number of hydrogen-bond acceptors (Lipinski definition) is 5. The van der Waals surface area contributed by atoms with Crippen molar-refractivity contribution in [3.63, 3.8) is 0 Å². The van der Waals surface area contributed by atoms with E-state index in [1.807, 2.05) is 4.90 Å². The van der Waals surface area contributed by atoms with E-state index in [-0.39, 0.29) is 11.5 Å². The lowest BCUT2D eigenvalue weighted by molar-refractivity contribution is -0.134. The number of aryl methyl sites for hydroxylation is 1. The number of aromatic nitrogens is 2. The van der Waals surface area contributed by atoms with Crippen LogP contribution in [-0.4, -0.2) is 58.3 Å². The van der Waals surface area contributed by atoms with Crippen LogP contribution in [0.1, 0.15) is 44.7 Å². The minimum atomic E-state index is -0.833. The molecule has 3 heterocycles. The molecular weight excluding hydrogens is 348 g/mol. The fourth-order valence-electron chi connectivity index (χ4n) is 3.84. The van der Waals surface area contributed by atoms with Crippen LogP contribution >= 0.6 is 0 Å². The van der Waals surface area contributed by atoms with Gasteiger partial charge in [0.15, 0.2) is 0 Å². The average Bonchev–Trinajstić information content (AvgIpc) is 2.68. The van der Waals surface area contributed by atoms with Crippen LogP contribution in [0.25, 0.3) is 0 Å². The summed E-state index contributed by atoms with van der Waals surface area (Å²) in [5.74, 6) is 1.02. The van der Waals surface area contributed by atoms with E-state index in [4.69, 9.17) is 9.90 Å². The molecule has 8 heteroatoms. The molecule has 1 amide bonds. The first-order chi connectivity index (χ1) is 13.0. The number of rotatable bonds is 4. The van der Waals surface area contributed by atoms with E-state index >= 15 is 0 Å². The van der Waals surface area contributed by atoms with E-state index < -0.39 is 5.97 Å². The molecule has 0 saturated carbocycles. The van der Waals surface area contributed by atoms with Crippen molar-refractivity contribution in [1.82, 2.24) is 20.4 Å². The first-order valence-electron chi connectivity index (χ1n) is 9.68. The van der Waals surface area contributed by atoms with E-state index in [1.54, 1.807) is 6.07 Å². The summed E-state index contributed by atoms with van der Waals surface area (Å²) in [5, 5.41) is 17.2. The highest BCUT2D eigenvalue weighted by Gasteiger charge is 2.28. The molecule has 0 aliphatic carbocycles. The molecule has 0 aromatic carbocycles. The van der Waals surface area contributed by atoms with Crippen molar-refractivity contribution >= 4 is 11.9 Å². The Hall–Kier alpha value is -2.22. The number of carbonyl (C=O) groups excluding carboxylic acids is 1. The van der Waals surface area contributed by atoms with Crippen molar-refractivity contribution in [1.29, 1.82) is 0 Å². The number of nitrogens with one attached hydrogen (secondary N) is 2. The van der Waals surface area contributed by atoms with Gasteiger partial charge in [0, 0.05) is 38.9 Å². The van der Waals surface area contributed by atoms with Crippen LogP contribution in [0.5, 0.6) is 0 Å². The number of amides is 1. The second-order valence-corrected chi connectivity index (χ2v) is 7.24. The molecule has 8 nitrogen and oxygen atoms in total. The Kier molecular flexibility index (Phi) is 8.44. The van der Waals surface area contributed by atoms with Crippen molar-refractivity contribution in [2.24, 2.45) is 11.8 Å². The molecule has 150 valence electrons. The largest absolute Gasteiger partial charge is 0.481 e. The normalized spacial score (nSPS) is 18.5. The smallest absolute Gasteiger partial charge is 0.300 e. The van der Waals surface area contributed by atoms with Gasteiger partial charge in [-0.05, 0) is 56.7 Å². The van der Waals surface area contributed by atoms with Crippen LogP contribution in [-0.2, 0) is 16.0 Å². The van der Waals surface area contributed by atoms with Gasteiger partial charge in [0.25, 0.3) is 11.5 Å². The molecule has 2 aliphatic heterocycles. The molecule has 2 aliphatic rings. The van der Waals surface area contributed by atoms with E-state index in [0.717, 1.165) is 63.5 Å². The fourth-order valence-corrected chi connectivity index (χ4v) is 3.84. The predicted molar refractivity (Wildman–Crippen MR) is 101 cm³/mol. The number of hydrogen-bond donors (Lipinski definition) is 3. The number of carboxylic acid groups (broad SMARTS) is 1. The monoisotopic (exact) mass is 378 g/mol. The lowest BCUT2D eigenvalue weighted by Crippen LogP contribution is -2.42. The highest BCUT2D eigenvalue weighted by molar-refractivity contribution is 5.76. The molecule has 27 heavy (non-hydrogen) atoms. The zero-order valence-electron chi connectivity index (χ0n) is 15.9. The van der Waals surface area contributed by atoms with Gasteiger partial charge in [-0.2, -0.15) is 5.10 Å². The van der Waals surface area contributed by atoms with Gasteiger partial charge >= 0.3 is 0 Å². The second kappa shape index (κ2) is 10.8. The maximum Gasteiger partial charge on any atom is 0.300 e. The summed E-state index contributed by atoms with van der Waals surface area (Å²) in [4.78, 5) is 34.3. The summed E-state index contributed by atoms with van der Waals surface area (Å²) in [6.07, 6.45) is 5.93. The highest BCUT2D eigenvalue weighted by atomic mass is 16.4. The predicted octanol–water partition coefficient (Wildman–Crippen LogP) is 1.03. The molecule has 1 aromatic heterocycles. The lowest BCUT2D eigenvalue weighted by Gasteiger charge is -2.37. The van der Waals surface area contributed by atoms with E-state index in [1.165, 1.54) is 18.9 Å². The Morgan fingerprint density at radius 3 is 2.30 bits per heavy atom. The molecule has 1 aromatic rings. The van der Waals surface area contributed by atoms with Gasteiger partial charge in [-0.3, -0.25) is 14.4 Å². The van der Waals surface area contributed by atoms with Crippen LogP contribution in [0.2, 0.25) is 0 Å². The van der Waals surface area contributed by atoms with Crippen LogP contribution < -0.4 is 10.9 Å². The molecule has 0 bridgehead atoms. The Labute approximate surface area is 159 Å². The van der Waals surface area contributed by atoms with Crippen molar-refractivity contribution < 1.29 is 14.7 Å². The Balaban J connectivity index is 0.000000596. The molecule has 0 spiro atoms. The zero-order valence-corrected chi connectivity index (χ0v) is 15.9. The molecule has 0 atom stereocenters. The summed E-state index contributed by atoms with van der Waals surface area (Å²) in [5.41, 5.74) is 0.558. The number of nitrogens with zero attached hydrogens (tertiary/aromatic N) is 2. The third-order valence-electron chi connectivity index (χ3n) is 5.27. The molecule has 3 rings (SSSR count). The van der Waals surface area contributed by atoms with E-state index in [9.17, 15) is 9.59 Å². The number of carbonyl (C=O) groups is 2. The number of aromatic amines is 1. The second-order valence-electron chi connectivity index (χ2n) is 7.24. The van der Waals surface area contributed by atoms with Gasteiger partial charge in [0.1, 0.15) is 0 Å². The van der Waals surface area contributed by atoms with Gasteiger partial charge < -0.3 is 15.3 Å². The summed E-state index contributed by atoms with van der Waals surface area (Å²) in [6.45, 7) is 5.17. The molecule has 2 saturated heterocycles. The Morgan fingerprint density at radius 1 is 1.15 bits per heavy atom. The Bertz CT molecular complexity index is 637. The van der Waals surface area contributed by atoms with Crippen molar-refractivity contribution in [2.75, 3.05) is 26.2 Å². The third-order valence-corrected chi connectivity index (χ3v) is 5.27. The van der Waals surface area contributed by atoms with Gasteiger partial charge in [-0.1, -0.05) is 0 Å². The van der Waals surface area contributed by atoms with Crippen molar-refractivity contribution in [2.45, 2.75) is 45.4 Å². The average molecular weight is 378 g/mol. The van der Waals surface area contributed by atoms with Crippen LogP contribution in [0.15, 0.2) is 16.9 Å². The van der Waals surface area contributed by atoms with E-state index in [2.05, 4.69) is 15.5 Å². The van der Waals surface area contributed by atoms with Crippen LogP contribution in [0.3, 0.4) is 0 Å². The summed E-state index contributed by atoms with van der Waals surface area (Å²) in [6, 6.07) is 3.15. The Morgan fingerprint density at radius 2 is 1.74 bits per heavy atom. The van der Waals surface area contributed by atoms with Gasteiger partial charge in [0.05, 0.1) is 5.69 Å². The summed E-state index contributed by atoms with van der Waals surface area (Å²) < 4.78 is 0. The van der Waals surface area contributed by atoms with Gasteiger partial charge in [-0.25, -0.2) is 5.10 Å². The number of aliphatic carboxylic acids is 1. The van der Waals surface area contributed by atoms with Gasteiger partial charge in [-0.15, -0.1) is 0 Å². The van der Waals surface area contributed by atoms with Crippen LogP contribution in [0.4, 0.5) is 0 Å². The van der Waals surface area contributed by atoms with E-state index in [0.29, 0.717) is 12.8 Å². The first-order valence-corrected chi connectivity index (χ1v) is 9.68. The fraction of sp³-hybridized carbons (Fsp3) is 0.684. The first kappa shape index (κ1) is 21.1. The highest BCUT2D eigenvalue weighted by Crippen LogP contribution is 2.30. The molecule has 0 unspecified atom stereocenters. The number of piperidine rings is 2. The maximum absolute atomic E-state index is 12.3. The number of H-pyrrole nitrogens is 1. The molecule has 3 N–H and O–H groups in total. The third kappa shape index (κ3) is 7.50. The molecular formula is C19H30N4O4. The van der Waals surface area contributed by atoms with Crippen LogP contribution in [0, 0.1) is 11.8 Å². The minimum absolute atomic E-state index is 0.208. The minimum Gasteiger partial charge on any atom is -0.481 e. The van der Waals surface area contributed by atoms with Gasteiger partial charge in [0.2, 0.25) is 5.91 Å². The lowest BCUT2D eigenvalue weighted by atomic mass is 9.79. The quantitative estimate of drug-likeness (QED) is 0.721. The standard InChI is InChI=1S/C17H26N4O2.C2H4O2/c22-16-3-1-15(19-20-16)2-4-17(23)21-11-7-14(8-12-21)13-5-9-18-10-6-13;1-2(3)4/h1,3,13-14,18H,2,4-12H2,(H,20,22);1H3,(H,3,4). The molecule has 0 radical (unpaired) electrons. The van der Waals surface area contributed by atoms with Crippen molar-refractivity contribution in [3.8, 4) is 0 Å². The summed E-state index contributed by atoms with van der Waals surface area (Å²) in [7, 11) is 0. The SMILES string of the molecule is CC(=O)O.O=C(CCc1ccc(=O)[nH]n1)N1CCC(C2CCNCC2)CC1. The summed E-state index contributed by atoms with van der Waals surface area (Å²) >= 11 is 0. The van der Waals surface area contributed by atoms with Crippen molar-refractivity contribution in [3.05, 3.63) is 28.2 Å². The molecule has 2 fully saturated rings.